The molecule has 1 aromatic carbocycles. The van der Waals surface area contributed by atoms with Gasteiger partial charge in [0.1, 0.15) is 5.75 Å². The van der Waals surface area contributed by atoms with Gasteiger partial charge in [-0.2, -0.15) is 9.67 Å². The Bertz CT molecular complexity index is 908. The fourth-order valence-corrected chi connectivity index (χ4v) is 3.80. The number of rotatable bonds is 8. The van der Waals surface area contributed by atoms with Crippen LogP contribution in [0.2, 0.25) is 0 Å². The van der Waals surface area contributed by atoms with Crippen molar-refractivity contribution in [2.45, 2.75) is 12.1 Å². The maximum absolute atomic E-state index is 6.06. The first-order chi connectivity index (χ1) is 13.0. The van der Waals surface area contributed by atoms with Gasteiger partial charge in [-0.05, 0) is 32.5 Å². The molecular formula is C17H27Cl2N7O2S2. The minimum Gasteiger partial charge on any atom is -0.493 e. The Morgan fingerprint density at radius 2 is 1.93 bits per heavy atom. The molecule has 3 aromatic rings. The monoisotopic (exact) mass is 495 g/mol. The number of aromatic nitrogens is 5. The summed E-state index contributed by atoms with van der Waals surface area (Å²) in [6.45, 7) is 3.77. The Morgan fingerprint density at radius 1 is 1.23 bits per heavy atom. The Kier molecular flexibility index (Phi) is 12.2. The number of benzene rings is 1. The first-order valence-electron chi connectivity index (χ1n) is 8.45. The summed E-state index contributed by atoms with van der Waals surface area (Å²) in [6.07, 6.45) is 1.90. The van der Waals surface area contributed by atoms with Crippen LogP contribution in [0.3, 0.4) is 0 Å². The molecule has 0 radical (unpaired) electrons. The summed E-state index contributed by atoms with van der Waals surface area (Å²) in [7, 11) is 4.12. The molecule has 2 heterocycles. The van der Waals surface area contributed by atoms with E-state index in [2.05, 4.69) is 46.2 Å². The maximum atomic E-state index is 6.06. The van der Waals surface area contributed by atoms with Gasteiger partial charge >= 0.3 is 0 Å². The Morgan fingerprint density at radius 3 is 2.57 bits per heavy atom. The molecule has 0 spiro atoms. The molecule has 0 saturated heterocycles. The number of hydrogen-bond donors (Lipinski definition) is 1. The van der Waals surface area contributed by atoms with Crippen LogP contribution in [0.15, 0.2) is 29.4 Å². The quantitative estimate of drug-likeness (QED) is 0.472. The number of thioether (sulfide) groups is 1. The fraction of sp³-hybridized carbons (Fsp3) is 0.412. The van der Waals surface area contributed by atoms with Gasteiger partial charge in [-0.1, -0.05) is 42.2 Å². The average Bonchev–Trinajstić information content (AvgIpc) is 3.26. The van der Waals surface area contributed by atoms with E-state index in [0.717, 1.165) is 22.9 Å². The first-order valence-corrected chi connectivity index (χ1v) is 10.5. The molecule has 2 aromatic heterocycles. The van der Waals surface area contributed by atoms with Gasteiger partial charge in [0, 0.05) is 12.5 Å². The largest absolute Gasteiger partial charge is 0.493 e. The summed E-state index contributed by atoms with van der Waals surface area (Å²) in [4.78, 5) is 6.34. The smallest absolute Gasteiger partial charge is 0.236 e. The highest BCUT2D eigenvalue weighted by Gasteiger charge is 2.17. The second kappa shape index (κ2) is 12.9. The third-order valence-electron chi connectivity index (χ3n) is 3.71. The molecule has 1 atom stereocenters. The van der Waals surface area contributed by atoms with Crippen LogP contribution in [-0.4, -0.2) is 68.8 Å². The molecule has 0 fully saturated rings. The SMILES string of the molecule is CSc1nc(N)n(-c2nnc(-c3ccccc3OCC(C)CN(C)C)s2)n1.Cl.Cl.O. The van der Waals surface area contributed by atoms with E-state index in [0.29, 0.717) is 28.8 Å². The number of hydrogen-bond acceptors (Lipinski definition) is 9. The van der Waals surface area contributed by atoms with Crippen LogP contribution in [0.25, 0.3) is 15.7 Å². The third-order valence-corrected chi connectivity index (χ3v) is 5.18. The van der Waals surface area contributed by atoms with E-state index in [1.807, 2.05) is 30.5 Å². The number of nitrogens with two attached hydrogens (primary N) is 1. The van der Waals surface area contributed by atoms with Crippen LogP contribution in [-0.2, 0) is 0 Å². The predicted molar refractivity (Wildman–Crippen MR) is 128 cm³/mol. The van der Waals surface area contributed by atoms with Crippen LogP contribution in [0.1, 0.15) is 6.92 Å². The molecular weight excluding hydrogens is 469 g/mol. The summed E-state index contributed by atoms with van der Waals surface area (Å²) in [5.41, 5.74) is 6.84. The van der Waals surface area contributed by atoms with E-state index in [1.165, 1.54) is 27.8 Å². The Hall–Kier alpha value is -1.63. The number of nitrogens with zero attached hydrogens (tertiary/aromatic N) is 6. The van der Waals surface area contributed by atoms with Crippen molar-refractivity contribution in [1.29, 1.82) is 0 Å². The van der Waals surface area contributed by atoms with E-state index >= 15 is 0 Å². The zero-order chi connectivity index (χ0) is 19.4. The second-order valence-electron chi connectivity index (χ2n) is 6.43. The lowest BCUT2D eigenvalue weighted by Gasteiger charge is -2.18. The van der Waals surface area contributed by atoms with Gasteiger partial charge in [-0.25, -0.2) is 0 Å². The number of para-hydroxylation sites is 1. The summed E-state index contributed by atoms with van der Waals surface area (Å²) in [5, 5.41) is 14.8. The molecule has 0 bridgehead atoms. The highest BCUT2D eigenvalue weighted by molar-refractivity contribution is 7.98. The van der Waals surface area contributed by atoms with E-state index in [9.17, 15) is 0 Å². The summed E-state index contributed by atoms with van der Waals surface area (Å²) >= 11 is 2.82. The molecule has 0 amide bonds. The Labute approximate surface area is 196 Å². The van der Waals surface area contributed by atoms with Crippen LogP contribution < -0.4 is 10.5 Å². The molecule has 0 aliphatic heterocycles. The van der Waals surface area contributed by atoms with Gasteiger partial charge in [0.25, 0.3) is 0 Å². The number of ether oxygens (including phenoxy) is 1. The average molecular weight is 496 g/mol. The van der Waals surface area contributed by atoms with Gasteiger partial charge in [-0.3, -0.25) is 0 Å². The summed E-state index contributed by atoms with van der Waals surface area (Å²) in [5.74, 6) is 1.50. The van der Waals surface area contributed by atoms with Crippen molar-refractivity contribution >= 4 is 53.9 Å². The number of halogens is 2. The van der Waals surface area contributed by atoms with Gasteiger partial charge in [0.2, 0.25) is 16.2 Å². The lowest BCUT2D eigenvalue weighted by Crippen LogP contribution is -2.24. The molecule has 30 heavy (non-hydrogen) atoms. The summed E-state index contributed by atoms with van der Waals surface area (Å²) < 4.78 is 7.57. The minimum atomic E-state index is 0. The highest BCUT2D eigenvalue weighted by atomic mass is 35.5. The van der Waals surface area contributed by atoms with Crippen molar-refractivity contribution in [1.82, 2.24) is 29.9 Å². The third kappa shape index (κ3) is 6.96. The fourth-order valence-electron chi connectivity index (χ4n) is 2.62. The predicted octanol–water partition coefficient (Wildman–Crippen LogP) is 2.69. The molecule has 1 unspecified atom stereocenters. The normalized spacial score (nSPS) is 11.2. The molecule has 0 aliphatic rings. The maximum Gasteiger partial charge on any atom is 0.236 e. The molecule has 13 heteroatoms. The summed E-state index contributed by atoms with van der Waals surface area (Å²) in [6, 6.07) is 7.85. The molecule has 0 saturated carbocycles. The lowest BCUT2D eigenvalue weighted by atomic mass is 10.2. The topological polar surface area (TPSA) is 126 Å². The number of nitrogen functional groups attached to an aromatic ring is 1. The molecule has 3 rings (SSSR count). The second-order valence-corrected chi connectivity index (χ2v) is 8.16. The van der Waals surface area contributed by atoms with Crippen LogP contribution in [0.5, 0.6) is 5.75 Å². The zero-order valence-corrected chi connectivity index (χ0v) is 20.4. The van der Waals surface area contributed by atoms with Crippen LogP contribution >= 0.6 is 47.9 Å². The van der Waals surface area contributed by atoms with Crippen molar-refractivity contribution in [3.63, 3.8) is 0 Å². The van der Waals surface area contributed by atoms with Crippen molar-refractivity contribution in [3.05, 3.63) is 24.3 Å². The molecule has 168 valence electrons. The molecule has 4 N–H and O–H groups in total. The van der Waals surface area contributed by atoms with E-state index in [-0.39, 0.29) is 30.3 Å². The standard InChI is InChI=1S/C17H23N7OS2.2ClH.H2O/c1-11(9-23(2)3)10-25-13-8-6-5-7-12(13)14-20-21-17(27-14)24-15(18)19-16(22-24)26-4;;;/h5-8,11H,9-10H2,1-4H3,(H2,18,19,22);2*1H;1H2. The number of anilines is 1. The van der Waals surface area contributed by atoms with Gasteiger partial charge in [0.05, 0.1) is 12.2 Å². The van der Waals surface area contributed by atoms with Crippen molar-refractivity contribution in [2.24, 2.45) is 5.92 Å². The lowest BCUT2D eigenvalue weighted by molar-refractivity contribution is 0.223. The first kappa shape index (κ1) is 28.4. The molecule has 0 aliphatic carbocycles. The Balaban J connectivity index is 0.00000280. The van der Waals surface area contributed by atoms with Gasteiger partial charge in [0.15, 0.2) is 5.01 Å². The highest BCUT2D eigenvalue weighted by Crippen LogP contribution is 2.33. The minimum absolute atomic E-state index is 0. The van der Waals surface area contributed by atoms with Gasteiger partial charge in [-0.15, -0.1) is 40.1 Å². The van der Waals surface area contributed by atoms with Crippen LogP contribution in [0, 0.1) is 5.92 Å². The van der Waals surface area contributed by atoms with Crippen LogP contribution in [0.4, 0.5) is 5.95 Å². The van der Waals surface area contributed by atoms with Crippen molar-refractivity contribution in [2.75, 3.05) is 39.2 Å². The van der Waals surface area contributed by atoms with E-state index in [4.69, 9.17) is 10.5 Å². The van der Waals surface area contributed by atoms with E-state index in [1.54, 1.807) is 0 Å². The zero-order valence-electron chi connectivity index (χ0n) is 17.1. The van der Waals surface area contributed by atoms with E-state index < -0.39 is 0 Å². The van der Waals surface area contributed by atoms with Crippen molar-refractivity contribution < 1.29 is 10.2 Å². The van der Waals surface area contributed by atoms with Crippen molar-refractivity contribution in [3.8, 4) is 21.5 Å². The molecule has 9 nitrogen and oxygen atoms in total. The van der Waals surface area contributed by atoms with Gasteiger partial charge < -0.3 is 20.8 Å².